The summed E-state index contributed by atoms with van der Waals surface area (Å²) in [5.41, 5.74) is 4.73. The van der Waals surface area contributed by atoms with Crippen molar-refractivity contribution in [3.05, 3.63) is 76.8 Å². The van der Waals surface area contributed by atoms with Crippen molar-refractivity contribution in [3.63, 3.8) is 0 Å². The highest BCUT2D eigenvalue weighted by molar-refractivity contribution is 7.90. The number of hydrogen-bond acceptors (Lipinski definition) is 2. The van der Waals surface area contributed by atoms with E-state index in [9.17, 15) is 8.42 Å². The smallest absolute Gasteiger partial charge is 0.175 e. The number of halogens is 2. The van der Waals surface area contributed by atoms with E-state index in [2.05, 4.69) is 4.98 Å². The molecule has 1 heterocycles. The van der Waals surface area contributed by atoms with Crippen LogP contribution >= 0.6 is 23.2 Å². The molecular weight excluding hydrogens is 401 g/mol. The number of aromatic amines is 1. The van der Waals surface area contributed by atoms with Crippen LogP contribution in [0, 0.1) is 0 Å². The minimum Gasteiger partial charge on any atom is -0.354 e. The third kappa shape index (κ3) is 3.48. The van der Waals surface area contributed by atoms with E-state index >= 15 is 0 Å². The van der Waals surface area contributed by atoms with Gasteiger partial charge in [-0.1, -0.05) is 47.5 Å². The van der Waals surface area contributed by atoms with Gasteiger partial charge in [0.05, 0.1) is 10.6 Å². The maximum absolute atomic E-state index is 11.8. The molecule has 0 unspecified atom stereocenters. The number of nitrogens with one attached hydrogen (secondary N) is 1. The van der Waals surface area contributed by atoms with Crippen LogP contribution < -0.4 is 0 Å². The van der Waals surface area contributed by atoms with Crippen LogP contribution in [0.2, 0.25) is 10.0 Å². The Hall–Kier alpha value is -2.27. The second kappa shape index (κ2) is 6.71. The lowest BCUT2D eigenvalue weighted by atomic mass is 9.98. The first-order valence-electron chi connectivity index (χ1n) is 8.20. The van der Waals surface area contributed by atoms with Crippen molar-refractivity contribution in [2.75, 3.05) is 6.26 Å². The number of rotatable bonds is 3. The van der Waals surface area contributed by atoms with E-state index in [0.717, 1.165) is 33.3 Å². The summed E-state index contributed by atoms with van der Waals surface area (Å²) < 4.78 is 23.5. The molecule has 0 fully saturated rings. The zero-order chi connectivity index (χ0) is 19.2. The van der Waals surface area contributed by atoms with Crippen molar-refractivity contribution in [2.24, 2.45) is 0 Å². The van der Waals surface area contributed by atoms with E-state index in [-0.39, 0.29) is 4.90 Å². The first kappa shape index (κ1) is 18.1. The lowest BCUT2D eigenvalue weighted by Gasteiger charge is -2.07. The highest BCUT2D eigenvalue weighted by Gasteiger charge is 2.16. The molecule has 4 rings (SSSR count). The summed E-state index contributed by atoms with van der Waals surface area (Å²) in [6.45, 7) is 0. The van der Waals surface area contributed by atoms with Gasteiger partial charge in [0, 0.05) is 32.8 Å². The Morgan fingerprint density at radius 2 is 1.37 bits per heavy atom. The number of H-pyrrole nitrogens is 1. The molecule has 0 spiro atoms. The van der Waals surface area contributed by atoms with Crippen molar-refractivity contribution < 1.29 is 8.42 Å². The Balaban J connectivity index is 1.98. The summed E-state index contributed by atoms with van der Waals surface area (Å²) in [6.07, 6.45) is 1.20. The van der Waals surface area contributed by atoms with E-state index in [1.165, 1.54) is 6.26 Å². The third-order valence-corrected chi connectivity index (χ3v) is 6.08. The summed E-state index contributed by atoms with van der Waals surface area (Å²) in [4.78, 5) is 3.74. The lowest BCUT2D eigenvalue weighted by molar-refractivity contribution is 0.602. The van der Waals surface area contributed by atoms with Gasteiger partial charge in [-0.05, 0) is 53.6 Å². The van der Waals surface area contributed by atoms with Crippen LogP contribution in [0.25, 0.3) is 33.3 Å². The van der Waals surface area contributed by atoms with Crippen LogP contribution in [0.1, 0.15) is 0 Å². The van der Waals surface area contributed by atoms with Crippen LogP contribution in [0.15, 0.2) is 71.6 Å². The van der Waals surface area contributed by atoms with Gasteiger partial charge in [0.25, 0.3) is 0 Å². The Morgan fingerprint density at radius 1 is 0.778 bits per heavy atom. The van der Waals surface area contributed by atoms with E-state index in [1.807, 2.05) is 54.6 Å². The Labute approximate surface area is 167 Å². The minimum absolute atomic E-state index is 0.289. The summed E-state index contributed by atoms with van der Waals surface area (Å²) in [6, 6.07) is 20.1. The minimum atomic E-state index is -3.25. The van der Waals surface area contributed by atoms with E-state index in [0.29, 0.717) is 10.0 Å². The molecule has 136 valence electrons. The number of sulfone groups is 1. The molecule has 0 amide bonds. The van der Waals surface area contributed by atoms with Crippen molar-refractivity contribution in [2.45, 2.75) is 4.90 Å². The Kier molecular flexibility index (Phi) is 4.50. The SMILES string of the molecule is CS(=O)(=O)c1ccc(-c2c(-c3ccc(Cl)cc3)[nH]c3ccc(Cl)cc23)cc1. The standard InChI is InChI=1S/C21H15Cl2NO2S/c1-27(25,26)17-9-4-13(5-10-17)20-18-12-16(23)8-11-19(18)24-21(20)14-2-6-15(22)7-3-14/h2-12,24H,1H3. The van der Waals surface area contributed by atoms with E-state index < -0.39 is 9.84 Å². The van der Waals surface area contributed by atoms with Gasteiger partial charge < -0.3 is 4.98 Å². The molecular formula is C21H15Cl2NO2S. The van der Waals surface area contributed by atoms with Crippen LogP contribution in [-0.2, 0) is 9.84 Å². The van der Waals surface area contributed by atoms with Gasteiger partial charge in [-0.15, -0.1) is 0 Å². The van der Waals surface area contributed by atoms with Crippen molar-refractivity contribution in [1.29, 1.82) is 0 Å². The third-order valence-electron chi connectivity index (χ3n) is 4.46. The van der Waals surface area contributed by atoms with Crippen LogP contribution in [0.4, 0.5) is 0 Å². The molecule has 0 atom stereocenters. The molecule has 0 saturated heterocycles. The summed E-state index contributed by atoms with van der Waals surface area (Å²) in [7, 11) is -3.25. The predicted octanol–water partition coefficient (Wildman–Crippen LogP) is 6.21. The molecule has 0 aliphatic heterocycles. The zero-order valence-corrected chi connectivity index (χ0v) is 16.7. The maximum Gasteiger partial charge on any atom is 0.175 e. The molecule has 3 aromatic carbocycles. The van der Waals surface area contributed by atoms with Crippen molar-refractivity contribution in [1.82, 2.24) is 4.98 Å². The molecule has 1 aromatic heterocycles. The van der Waals surface area contributed by atoms with Gasteiger partial charge in [0.2, 0.25) is 0 Å². The molecule has 4 aromatic rings. The zero-order valence-electron chi connectivity index (χ0n) is 14.3. The quantitative estimate of drug-likeness (QED) is 0.432. The van der Waals surface area contributed by atoms with Crippen molar-refractivity contribution >= 4 is 43.9 Å². The molecule has 1 N–H and O–H groups in total. The fourth-order valence-electron chi connectivity index (χ4n) is 3.17. The number of benzene rings is 3. The second-order valence-electron chi connectivity index (χ2n) is 6.37. The van der Waals surface area contributed by atoms with E-state index in [1.54, 1.807) is 12.1 Å². The van der Waals surface area contributed by atoms with Gasteiger partial charge in [-0.25, -0.2) is 8.42 Å². The normalized spacial score (nSPS) is 11.8. The van der Waals surface area contributed by atoms with Gasteiger partial charge >= 0.3 is 0 Å². The predicted molar refractivity (Wildman–Crippen MR) is 112 cm³/mol. The summed E-state index contributed by atoms with van der Waals surface area (Å²) in [5, 5.41) is 2.27. The molecule has 27 heavy (non-hydrogen) atoms. The van der Waals surface area contributed by atoms with Crippen LogP contribution in [0.5, 0.6) is 0 Å². The Bertz CT molecular complexity index is 1240. The fraction of sp³-hybridized carbons (Fsp3) is 0.0476. The molecule has 0 radical (unpaired) electrons. The monoisotopic (exact) mass is 415 g/mol. The fourth-order valence-corrected chi connectivity index (χ4v) is 4.09. The van der Waals surface area contributed by atoms with Gasteiger partial charge in [0.15, 0.2) is 9.84 Å². The van der Waals surface area contributed by atoms with Crippen LogP contribution in [0.3, 0.4) is 0 Å². The average Bonchev–Trinajstić information content (AvgIpc) is 3.00. The summed E-state index contributed by atoms with van der Waals surface area (Å²) in [5.74, 6) is 0. The molecule has 0 saturated carbocycles. The molecule has 6 heteroatoms. The first-order chi connectivity index (χ1) is 12.8. The largest absolute Gasteiger partial charge is 0.354 e. The molecule has 3 nitrogen and oxygen atoms in total. The Morgan fingerprint density at radius 3 is 2.00 bits per heavy atom. The first-order valence-corrected chi connectivity index (χ1v) is 10.9. The molecule has 0 bridgehead atoms. The maximum atomic E-state index is 11.8. The van der Waals surface area contributed by atoms with Crippen LogP contribution in [-0.4, -0.2) is 19.7 Å². The number of aromatic nitrogens is 1. The van der Waals surface area contributed by atoms with Gasteiger partial charge in [-0.2, -0.15) is 0 Å². The summed E-state index contributed by atoms with van der Waals surface area (Å²) >= 11 is 12.3. The van der Waals surface area contributed by atoms with Gasteiger partial charge in [0.1, 0.15) is 0 Å². The van der Waals surface area contributed by atoms with Crippen molar-refractivity contribution in [3.8, 4) is 22.4 Å². The highest BCUT2D eigenvalue weighted by Crippen LogP contribution is 2.39. The number of hydrogen-bond donors (Lipinski definition) is 1. The van der Waals surface area contributed by atoms with Gasteiger partial charge in [-0.3, -0.25) is 0 Å². The molecule has 0 aliphatic rings. The van der Waals surface area contributed by atoms with E-state index in [4.69, 9.17) is 23.2 Å². The average molecular weight is 416 g/mol. The lowest BCUT2D eigenvalue weighted by Crippen LogP contribution is -1.96. The number of fused-ring (bicyclic) bond motifs is 1. The highest BCUT2D eigenvalue weighted by atomic mass is 35.5. The topological polar surface area (TPSA) is 49.9 Å². The second-order valence-corrected chi connectivity index (χ2v) is 9.26. The molecule has 0 aliphatic carbocycles.